The summed E-state index contributed by atoms with van der Waals surface area (Å²) in [4.78, 5) is 16.8. The second-order valence-corrected chi connectivity index (χ2v) is 5.02. The standard InChI is InChI=1S/C12H12N4OS/c17-12(14-7-9-3-1-2-6-13-9)11-10(8-4-5-8)15-16-18-11/h1-3,6,8H,4-5,7H2,(H,14,17). The Bertz CT molecular complexity index is 550. The molecule has 0 saturated heterocycles. The number of hydrogen-bond donors (Lipinski definition) is 1. The van der Waals surface area contributed by atoms with Crippen molar-refractivity contribution >= 4 is 17.4 Å². The minimum atomic E-state index is -0.0995. The molecule has 0 spiro atoms. The number of aromatic nitrogens is 3. The third kappa shape index (κ3) is 2.38. The average molecular weight is 260 g/mol. The van der Waals surface area contributed by atoms with E-state index in [9.17, 15) is 4.79 Å². The number of pyridine rings is 1. The zero-order valence-corrected chi connectivity index (χ0v) is 10.5. The van der Waals surface area contributed by atoms with Crippen molar-refractivity contribution in [1.29, 1.82) is 0 Å². The molecule has 2 aromatic rings. The minimum absolute atomic E-state index is 0.0995. The van der Waals surface area contributed by atoms with Crippen molar-refractivity contribution < 1.29 is 4.79 Å². The molecular formula is C12H12N4OS. The topological polar surface area (TPSA) is 67.8 Å². The first kappa shape index (κ1) is 11.3. The van der Waals surface area contributed by atoms with Crippen LogP contribution in [0.3, 0.4) is 0 Å². The Labute approximate surface area is 108 Å². The van der Waals surface area contributed by atoms with Gasteiger partial charge in [0.15, 0.2) is 0 Å². The summed E-state index contributed by atoms with van der Waals surface area (Å²) in [6.45, 7) is 0.432. The SMILES string of the molecule is O=C(NCc1ccccn1)c1snnc1C1CC1. The second-order valence-electron chi connectivity index (χ2n) is 4.27. The summed E-state index contributed by atoms with van der Waals surface area (Å²) >= 11 is 1.17. The fourth-order valence-corrected chi connectivity index (χ4v) is 2.40. The van der Waals surface area contributed by atoms with E-state index in [1.54, 1.807) is 6.20 Å². The van der Waals surface area contributed by atoms with Gasteiger partial charge >= 0.3 is 0 Å². The Hall–Kier alpha value is -1.82. The van der Waals surface area contributed by atoms with E-state index in [1.807, 2.05) is 18.2 Å². The zero-order valence-electron chi connectivity index (χ0n) is 9.67. The lowest BCUT2D eigenvalue weighted by Gasteiger charge is -2.03. The van der Waals surface area contributed by atoms with Gasteiger partial charge in [0.05, 0.1) is 17.9 Å². The fraction of sp³-hybridized carbons (Fsp3) is 0.333. The van der Waals surface area contributed by atoms with Crippen molar-refractivity contribution in [3.63, 3.8) is 0 Å². The Morgan fingerprint density at radius 1 is 1.44 bits per heavy atom. The molecule has 5 nitrogen and oxygen atoms in total. The quantitative estimate of drug-likeness (QED) is 0.909. The number of carbonyl (C=O) groups excluding carboxylic acids is 1. The highest BCUT2D eigenvalue weighted by Gasteiger charge is 2.31. The molecule has 0 aliphatic heterocycles. The molecule has 92 valence electrons. The third-order valence-corrected chi connectivity index (χ3v) is 3.58. The van der Waals surface area contributed by atoms with Crippen LogP contribution in [0.5, 0.6) is 0 Å². The van der Waals surface area contributed by atoms with Crippen LogP contribution in [0.15, 0.2) is 24.4 Å². The number of carbonyl (C=O) groups is 1. The lowest BCUT2D eigenvalue weighted by molar-refractivity contribution is 0.0953. The number of amides is 1. The van der Waals surface area contributed by atoms with Gasteiger partial charge in [-0.3, -0.25) is 9.78 Å². The van der Waals surface area contributed by atoms with Gasteiger partial charge in [-0.25, -0.2) is 0 Å². The largest absolute Gasteiger partial charge is 0.346 e. The highest BCUT2D eigenvalue weighted by atomic mass is 32.1. The maximum Gasteiger partial charge on any atom is 0.265 e. The zero-order chi connectivity index (χ0) is 12.4. The molecule has 18 heavy (non-hydrogen) atoms. The number of nitrogens with one attached hydrogen (secondary N) is 1. The first-order valence-corrected chi connectivity index (χ1v) is 6.62. The molecule has 1 fully saturated rings. The van der Waals surface area contributed by atoms with E-state index in [2.05, 4.69) is 19.9 Å². The van der Waals surface area contributed by atoms with Crippen molar-refractivity contribution in [3.8, 4) is 0 Å². The molecule has 1 amide bonds. The van der Waals surface area contributed by atoms with E-state index in [1.165, 1.54) is 11.5 Å². The minimum Gasteiger partial charge on any atom is -0.346 e. The summed E-state index contributed by atoms with van der Waals surface area (Å²) in [5.41, 5.74) is 1.70. The van der Waals surface area contributed by atoms with Crippen LogP contribution in [0.1, 0.15) is 39.8 Å². The van der Waals surface area contributed by atoms with Gasteiger partial charge in [0.25, 0.3) is 5.91 Å². The predicted molar refractivity (Wildman–Crippen MR) is 67.3 cm³/mol. The van der Waals surface area contributed by atoms with Crippen LogP contribution < -0.4 is 5.32 Å². The maximum atomic E-state index is 12.0. The second kappa shape index (κ2) is 4.81. The van der Waals surface area contributed by atoms with Gasteiger partial charge < -0.3 is 5.32 Å². The highest BCUT2D eigenvalue weighted by molar-refractivity contribution is 7.08. The summed E-state index contributed by atoms with van der Waals surface area (Å²) in [5.74, 6) is 0.344. The molecule has 1 aliphatic carbocycles. The van der Waals surface area contributed by atoms with Crippen LogP contribution >= 0.6 is 11.5 Å². The van der Waals surface area contributed by atoms with Gasteiger partial charge in [0, 0.05) is 12.1 Å². The van der Waals surface area contributed by atoms with Crippen molar-refractivity contribution in [2.45, 2.75) is 25.3 Å². The first-order chi connectivity index (χ1) is 8.84. The van der Waals surface area contributed by atoms with E-state index < -0.39 is 0 Å². The van der Waals surface area contributed by atoms with E-state index in [4.69, 9.17) is 0 Å². The first-order valence-electron chi connectivity index (χ1n) is 5.85. The summed E-state index contributed by atoms with van der Waals surface area (Å²) in [6.07, 6.45) is 3.95. The Morgan fingerprint density at radius 2 is 2.33 bits per heavy atom. The van der Waals surface area contributed by atoms with Crippen molar-refractivity contribution in [1.82, 2.24) is 19.9 Å². The smallest absolute Gasteiger partial charge is 0.265 e. The summed E-state index contributed by atoms with van der Waals surface area (Å²) < 4.78 is 3.87. The number of rotatable bonds is 4. The molecule has 6 heteroatoms. The molecule has 0 radical (unpaired) electrons. The molecule has 1 saturated carbocycles. The van der Waals surface area contributed by atoms with Gasteiger partial charge in [0.2, 0.25) is 0 Å². The van der Waals surface area contributed by atoms with Gasteiger partial charge in [-0.15, -0.1) is 5.10 Å². The van der Waals surface area contributed by atoms with Crippen LogP contribution in [0, 0.1) is 0 Å². The summed E-state index contributed by atoms with van der Waals surface area (Å²) in [6, 6.07) is 5.63. The predicted octanol–water partition coefficient (Wildman–Crippen LogP) is 1.74. The number of hydrogen-bond acceptors (Lipinski definition) is 5. The van der Waals surface area contributed by atoms with Crippen LogP contribution in [-0.2, 0) is 6.54 Å². The number of nitrogens with zero attached hydrogens (tertiary/aromatic N) is 3. The molecule has 3 rings (SSSR count). The molecule has 0 unspecified atom stereocenters. The van der Waals surface area contributed by atoms with Crippen LogP contribution in [0.4, 0.5) is 0 Å². The Kier molecular flexibility index (Phi) is 3.02. The fourth-order valence-electron chi connectivity index (χ4n) is 1.73. The Balaban J connectivity index is 1.66. The van der Waals surface area contributed by atoms with E-state index in [0.717, 1.165) is 24.2 Å². The highest BCUT2D eigenvalue weighted by Crippen LogP contribution is 2.41. The van der Waals surface area contributed by atoms with Crippen molar-refractivity contribution in [2.24, 2.45) is 0 Å². The monoisotopic (exact) mass is 260 g/mol. The average Bonchev–Trinajstić information content (AvgIpc) is 3.14. The van der Waals surface area contributed by atoms with E-state index in [-0.39, 0.29) is 5.91 Å². The molecule has 0 atom stereocenters. The normalized spacial score (nSPS) is 14.4. The Morgan fingerprint density at radius 3 is 3.06 bits per heavy atom. The molecule has 0 aromatic carbocycles. The van der Waals surface area contributed by atoms with Gasteiger partial charge in [-0.05, 0) is 36.5 Å². The van der Waals surface area contributed by atoms with E-state index in [0.29, 0.717) is 17.3 Å². The van der Waals surface area contributed by atoms with Crippen molar-refractivity contribution in [2.75, 3.05) is 0 Å². The van der Waals surface area contributed by atoms with Crippen LogP contribution in [0.2, 0.25) is 0 Å². The lowest BCUT2D eigenvalue weighted by Crippen LogP contribution is -2.23. The maximum absolute atomic E-state index is 12.0. The van der Waals surface area contributed by atoms with Gasteiger partial charge in [-0.2, -0.15) is 0 Å². The summed E-state index contributed by atoms with van der Waals surface area (Å²) in [5, 5.41) is 6.90. The van der Waals surface area contributed by atoms with Crippen molar-refractivity contribution in [3.05, 3.63) is 40.7 Å². The lowest BCUT2D eigenvalue weighted by atomic mass is 10.2. The molecular weight excluding hydrogens is 248 g/mol. The van der Waals surface area contributed by atoms with Crippen LogP contribution in [0.25, 0.3) is 0 Å². The molecule has 0 bridgehead atoms. The van der Waals surface area contributed by atoms with Crippen LogP contribution in [-0.4, -0.2) is 20.5 Å². The molecule has 2 heterocycles. The molecule has 2 aromatic heterocycles. The van der Waals surface area contributed by atoms with Gasteiger partial charge in [-0.1, -0.05) is 10.6 Å². The summed E-state index contributed by atoms with van der Waals surface area (Å²) in [7, 11) is 0. The van der Waals surface area contributed by atoms with E-state index >= 15 is 0 Å². The molecule has 1 N–H and O–H groups in total. The third-order valence-electron chi connectivity index (χ3n) is 2.84. The molecule has 1 aliphatic rings. The van der Waals surface area contributed by atoms with Gasteiger partial charge in [0.1, 0.15) is 4.88 Å².